The van der Waals surface area contributed by atoms with Gasteiger partial charge in [0.25, 0.3) is 5.91 Å². The number of phenols is 1. The number of carbonyl (C=O) groups is 1. The van der Waals surface area contributed by atoms with Gasteiger partial charge in [-0.25, -0.2) is 8.42 Å². The first-order chi connectivity index (χ1) is 16.5. The monoisotopic (exact) mass is 492 g/mol. The van der Waals surface area contributed by atoms with Crippen LogP contribution in [0.1, 0.15) is 55.6 Å². The quantitative estimate of drug-likeness (QED) is 0.432. The summed E-state index contributed by atoms with van der Waals surface area (Å²) in [6.45, 7) is 8.80. The number of nitrogens with zero attached hydrogens (tertiary/aromatic N) is 1. The van der Waals surface area contributed by atoms with Gasteiger partial charge in [-0.15, -0.1) is 0 Å². The van der Waals surface area contributed by atoms with E-state index in [0.29, 0.717) is 30.6 Å². The Morgan fingerprint density at radius 2 is 1.66 bits per heavy atom. The maximum atomic E-state index is 13.3. The van der Waals surface area contributed by atoms with Crippen molar-refractivity contribution >= 4 is 27.3 Å². The third-order valence-electron chi connectivity index (χ3n) is 6.30. The molecule has 0 aliphatic carbocycles. The minimum atomic E-state index is -3.57. The normalized spacial score (nSPS) is 14.1. The fraction of sp³-hybridized carbons (Fsp3) is 0.321. The van der Waals surface area contributed by atoms with E-state index in [0.717, 1.165) is 16.7 Å². The Morgan fingerprint density at radius 3 is 2.31 bits per heavy atom. The van der Waals surface area contributed by atoms with Crippen LogP contribution in [0.25, 0.3) is 11.1 Å². The second-order valence-electron chi connectivity index (χ2n) is 10.0. The number of rotatable bonds is 6. The van der Waals surface area contributed by atoms with Gasteiger partial charge in [0.05, 0.1) is 11.4 Å². The number of nitrogens with one attached hydrogen (secondary N) is 1. The molecular weight excluding hydrogens is 460 g/mol. The smallest absolute Gasteiger partial charge is 0.258 e. The van der Waals surface area contributed by atoms with E-state index < -0.39 is 10.0 Å². The summed E-state index contributed by atoms with van der Waals surface area (Å²) in [7, 11) is -3.57. The number of benzene rings is 3. The molecule has 0 bridgehead atoms. The van der Waals surface area contributed by atoms with E-state index in [-0.39, 0.29) is 28.5 Å². The molecule has 0 fully saturated rings. The lowest BCUT2D eigenvalue weighted by molar-refractivity contribution is 0.0980. The maximum absolute atomic E-state index is 13.3. The molecular formula is C28H32N2O4S. The molecule has 0 atom stereocenters. The van der Waals surface area contributed by atoms with Crippen LogP contribution in [0.4, 0.5) is 11.4 Å². The first-order valence-corrected chi connectivity index (χ1v) is 13.5. The lowest BCUT2D eigenvalue weighted by Gasteiger charge is -2.29. The number of phenolic OH excluding ortho intramolecular Hbond substituents is 1. The molecule has 0 saturated heterocycles. The molecule has 35 heavy (non-hydrogen) atoms. The van der Waals surface area contributed by atoms with Crippen molar-refractivity contribution in [2.75, 3.05) is 21.9 Å². The second kappa shape index (κ2) is 9.38. The van der Waals surface area contributed by atoms with Gasteiger partial charge >= 0.3 is 0 Å². The van der Waals surface area contributed by atoms with Crippen molar-refractivity contribution in [3.8, 4) is 16.9 Å². The van der Waals surface area contributed by atoms with Gasteiger partial charge < -0.3 is 10.0 Å². The zero-order valence-electron chi connectivity index (χ0n) is 20.6. The second-order valence-corrected chi connectivity index (χ2v) is 11.9. The molecule has 3 aromatic carbocycles. The van der Waals surface area contributed by atoms with Crippen LogP contribution in [-0.4, -0.2) is 31.7 Å². The third-order valence-corrected chi connectivity index (χ3v) is 7.78. The molecule has 4 rings (SSSR count). The SMILES string of the molecule is CCCS(=O)(=O)Nc1cc(N2CCc3cc(-c4ccc(C(C)(C)C)cc4)ccc3C2=O)ccc1O. The van der Waals surface area contributed by atoms with Crippen molar-refractivity contribution in [1.82, 2.24) is 0 Å². The van der Waals surface area contributed by atoms with Crippen molar-refractivity contribution in [2.45, 2.75) is 46.0 Å². The Kier molecular flexibility index (Phi) is 6.64. The number of hydrogen-bond acceptors (Lipinski definition) is 4. The van der Waals surface area contributed by atoms with Crippen molar-refractivity contribution < 1.29 is 18.3 Å². The molecule has 6 nitrogen and oxygen atoms in total. The Morgan fingerprint density at radius 1 is 0.971 bits per heavy atom. The summed E-state index contributed by atoms with van der Waals surface area (Å²) in [6, 6.07) is 19.0. The van der Waals surface area contributed by atoms with Gasteiger partial charge in [-0.1, -0.05) is 64.1 Å². The molecule has 1 heterocycles. The molecule has 1 aliphatic heterocycles. The minimum Gasteiger partial charge on any atom is -0.506 e. The zero-order chi connectivity index (χ0) is 25.4. The van der Waals surface area contributed by atoms with E-state index in [4.69, 9.17) is 0 Å². The summed E-state index contributed by atoms with van der Waals surface area (Å²) in [5.74, 6) is -0.372. The minimum absolute atomic E-state index is 0.0477. The molecule has 2 N–H and O–H groups in total. The van der Waals surface area contributed by atoms with Crippen LogP contribution < -0.4 is 9.62 Å². The summed E-state index contributed by atoms with van der Waals surface area (Å²) in [5.41, 5.74) is 5.78. The maximum Gasteiger partial charge on any atom is 0.258 e. The van der Waals surface area contributed by atoms with Crippen LogP contribution in [-0.2, 0) is 21.9 Å². The van der Waals surface area contributed by atoms with Crippen LogP contribution in [0.15, 0.2) is 60.7 Å². The molecule has 0 spiro atoms. The van der Waals surface area contributed by atoms with Crippen LogP contribution in [0.3, 0.4) is 0 Å². The number of sulfonamides is 1. The standard InChI is InChI=1S/C28H32N2O4S/c1-5-16-35(33,34)29-25-18-23(11-13-26(25)31)30-15-14-21-17-20(8-12-24(21)27(30)32)19-6-9-22(10-7-19)28(2,3)4/h6-13,17-18,29,31H,5,14-16H2,1-4H3. The van der Waals surface area contributed by atoms with E-state index >= 15 is 0 Å². The van der Waals surface area contributed by atoms with Crippen molar-refractivity contribution in [3.05, 3.63) is 77.4 Å². The van der Waals surface area contributed by atoms with Crippen molar-refractivity contribution in [2.24, 2.45) is 0 Å². The molecule has 3 aromatic rings. The van der Waals surface area contributed by atoms with Gasteiger partial charge in [-0.3, -0.25) is 9.52 Å². The number of fused-ring (bicyclic) bond motifs is 1. The van der Waals surface area contributed by atoms with Crippen molar-refractivity contribution in [3.63, 3.8) is 0 Å². The first kappa shape index (κ1) is 24.8. The van der Waals surface area contributed by atoms with E-state index in [9.17, 15) is 18.3 Å². The van der Waals surface area contributed by atoms with Gasteiger partial charge in [-0.2, -0.15) is 0 Å². The van der Waals surface area contributed by atoms with E-state index in [2.05, 4.69) is 55.8 Å². The largest absolute Gasteiger partial charge is 0.506 e. The summed E-state index contributed by atoms with van der Waals surface area (Å²) in [5, 5.41) is 10.2. The van der Waals surface area contributed by atoms with E-state index in [1.54, 1.807) is 17.9 Å². The lowest BCUT2D eigenvalue weighted by Crippen LogP contribution is -2.37. The van der Waals surface area contributed by atoms with E-state index in [1.807, 2.05) is 12.1 Å². The van der Waals surface area contributed by atoms with Crippen molar-refractivity contribution in [1.29, 1.82) is 0 Å². The highest BCUT2D eigenvalue weighted by molar-refractivity contribution is 7.92. The third kappa shape index (κ3) is 5.35. The highest BCUT2D eigenvalue weighted by Crippen LogP contribution is 2.34. The number of carbonyl (C=O) groups excluding carboxylic acids is 1. The average Bonchev–Trinajstić information content (AvgIpc) is 2.80. The molecule has 184 valence electrons. The molecule has 0 aromatic heterocycles. The zero-order valence-corrected chi connectivity index (χ0v) is 21.4. The summed E-state index contributed by atoms with van der Waals surface area (Å²) >= 11 is 0. The molecule has 0 unspecified atom stereocenters. The molecule has 0 radical (unpaired) electrons. The fourth-order valence-corrected chi connectivity index (χ4v) is 5.48. The fourth-order valence-electron chi connectivity index (χ4n) is 4.34. The van der Waals surface area contributed by atoms with Gasteiger partial charge in [-0.05, 0) is 64.8 Å². The molecule has 1 amide bonds. The van der Waals surface area contributed by atoms with Crippen LogP contribution in [0, 0.1) is 0 Å². The van der Waals surface area contributed by atoms with Crippen LogP contribution in [0.2, 0.25) is 0 Å². The summed E-state index contributed by atoms with van der Waals surface area (Å²) < 4.78 is 26.8. The molecule has 7 heteroatoms. The Labute approximate surface area is 207 Å². The first-order valence-electron chi connectivity index (χ1n) is 11.9. The average molecular weight is 493 g/mol. The summed E-state index contributed by atoms with van der Waals surface area (Å²) in [6.07, 6.45) is 1.13. The number of amides is 1. The predicted molar refractivity (Wildman–Crippen MR) is 142 cm³/mol. The van der Waals surface area contributed by atoms with Crippen LogP contribution >= 0.6 is 0 Å². The highest BCUT2D eigenvalue weighted by atomic mass is 32.2. The highest BCUT2D eigenvalue weighted by Gasteiger charge is 2.27. The number of anilines is 2. The predicted octanol–water partition coefficient (Wildman–Crippen LogP) is 5.71. The van der Waals surface area contributed by atoms with Gasteiger partial charge in [0.1, 0.15) is 5.75 Å². The topological polar surface area (TPSA) is 86.7 Å². The summed E-state index contributed by atoms with van der Waals surface area (Å²) in [4.78, 5) is 15.0. The molecule has 1 aliphatic rings. The Bertz CT molecular complexity index is 1360. The van der Waals surface area contributed by atoms with Crippen LogP contribution in [0.5, 0.6) is 5.75 Å². The Hall–Kier alpha value is -3.32. The number of aromatic hydroxyl groups is 1. The van der Waals surface area contributed by atoms with E-state index in [1.165, 1.54) is 17.7 Å². The van der Waals surface area contributed by atoms with Gasteiger partial charge in [0.15, 0.2) is 0 Å². The molecule has 0 saturated carbocycles. The van der Waals surface area contributed by atoms with Gasteiger partial charge in [0, 0.05) is 17.8 Å². The Balaban J connectivity index is 1.59. The number of hydrogen-bond donors (Lipinski definition) is 2. The van der Waals surface area contributed by atoms with Gasteiger partial charge in [0.2, 0.25) is 10.0 Å². The lowest BCUT2D eigenvalue weighted by atomic mass is 9.86.